The SMILES string of the molecule is CC1(O)C([n+]2ccccc2)=CC(Cl)=CC1(C)[n+]1ccccc1. The molecule has 2 heterocycles. The van der Waals surface area contributed by atoms with Gasteiger partial charge in [0.15, 0.2) is 24.8 Å². The number of rotatable bonds is 2. The van der Waals surface area contributed by atoms with E-state index in [1.54, 1.807) is 0 Å². The lowest BCUT2D eigenvalue weighted by atomic mass is 9.76. The maximum Gasteiger partial charge on any atom is 0.227 e. The average Bonchev–Trinajstić information content (AvgIpc) is 2.53. The van der Waals surface area contributed by atoms with E-state index < -0.39 is 11.1 Å². The van der Waals surface area contributed by atoms with E-state index in [1.165, 1.54) is 0 Å². The molecule has 4 heteroatoms. The number of halogens is 1. The van der Waals surface area contributed by atoms with Gasteiger partial charge in [-0.2, -0.15) is 9.13 Å². The highest BCUT2D eigenvalue weighted by molar-refractivity contribution is 6.31. The Bertz CT molecular complexity index is 738. The van der Waals surface area contributed by atoms with Gasteiger partial charge in [0.2, 0.25) is 16.8 Å². The first-order valence-corrected chi connectivity index (χ1v) is 7.59. The smallest absolute Gasteiger partial charge is 0.227 e. The van der Waals surface area contributed by atoms with Gasteiger partial charge in [-0.15, -0.1) is 0 Å². The maximum absolute atomic E-state index is 11.4. The number of hydrogen-bond acceptors (Lipinski definition) is 1. The molecule has 2 unspecified atom stereocenters. The summed E-state index contributed by atoms with van der Waals surface area (Å²) in [6.07, 6.45) is 11.4. The van der Waals surface area contributed by atoms with Crippen LogP contribution in [0.3, 0.4) is 0 Å². The summed E-state index contributed by atoms with van der Waals surface area (Å²) in [7, 11) is 0. The highest BCUT2D eigenvalue weighted by atomic mass is 35.5. The minimum Gasteiger partial charge on any atom is -0.373 e. The van der Waals surface area contributed by atoms with Gasteiger partial charge >= 0.3 is 0 Å². The van der Waals surface area contributed by atoms with E-state index in [2.05, 4.69) is 0 Å². The summed E-state index contributed by atoms with van der Waals surface area (Å²) in [5.74, 6) is 0. The average molecular weight is 315 g/mol. The predicted octanol–water partition coefficient (Wildman–Crippen LogP) is 2.41. The second-order valence-electron chi connectivity index (χ2n) is 5.84. The molecule has 0 radical (unpaired) electrons. The Hall–Kier alpha value is -1.97. The van der Waals surface area contributed by atoms with Gasteiger partial charge in [-0.1, -0.05) is 23.7 Å². The van der Waals surface area contributed by atoms with Gasteiger partial charge < -0.3 is 5.11 Å². The first-order chi connectivity index (χ1) is 10.4. The Balaban J connectivity index is 2.18. The van der Waals surface area contributed by atoms with Gasteiger partial charge in [0.1, 0.15) is 0 Å². The third kappa shape index (κ3) is 2.27. The highest BCUT2D eigenvalue weighted by Crippen LogP contribution is 2.39. The molecule has 2 atom stereocenters. The van der Waals surface area contributed by atoms with Gasteiger partial charge in [-0.25, -0.2) is 0 Å². The monoisotopic (exact) mass is 314 g/mol. The maximum atomic E-state index is 11.4. The van der Waals surface area contributed by atoms with E-state index in [1.807, 2.05) is 96.3 Å². The summed E-state index contributed by atoms with van der Waals surface area (Å²) in [4.78, 5) is 0. The van der Waals surface area contributed by atoms with Crippen LogP contribution in [0.1, 0.15) is 13.8 Å². The molecular formula is C18H19ClN2O+2. The van der Waals surface area contributed by atoms with Crippen LogP contribution in [0.25, 0.3) is 5.70 Å². The zero-order chi connectivity index (χ0) is 15.8. The normalized spacial score (nSPS) is 28.0. The van der Waals surface area contributed by atoms with Crippen LogP contribution < -0.4 is 9.13 Å². The zero-order valence-corrected chi connectivity index (χ0v) is 13.4. The molecule has 2 aromatic heterocycles. The summed E-state index contributed by atoms with van der Waals surface area (Å²) in [6.45, 7) is 3.80. The standard InChI is InChI=1S/C18H19ClN2O/c1-17(21-11-7-4-8-12-21)14-15(19)13-16(18(17,2)22)20-9-5-3-6-10-20/h3-14,22H,1-2H3/q+2. The van der Waals surface area contributed by atoms with Crippen LogP contribution in [-0.2, 0) is 5.54 Å². The molecule has 22 heavy (non-hydrogen) atoms. The fraction of sp³-hybridized carbons (Fsp3) is 0.222. The summed E-state index contributed by atoms with van der Waals surface area (Å²) < 4.78 is 3.88. The number of nitrogens with zero attached hydrogens (tertiary/aromatic N) is 2. The molecule has 1 aliphatic carbocycles. The summed E-state index contributed by atoms with van der Waals surface area (Å²) in [6, 6.07) is 11.6. The fourth-order valence-electron chi connectivity index (χ4n) is 2.90. The Labute approximate surface area is 135 Å². The van der Waals surface area contributed by atoms with Crippen molar-refractivity contribution in [2.45, 2.75) is 25.0 Å². The summed E-state index contributed by atoms with van der Waals surface area (Å²) >= 11 is 6.37. The van der Waals surface area contributed by atoms with Crippen molar-refractivity contribution in [1.82, 2.24) is 0 Å². The van der Waals surface area contributed by atoms with Gasteiger partial charge in [0.05, 0.1) is 0 Å². The van der Waals surface area contributed by atoms with Gasteiger partial charge in [0, 0.05) is 48.4 Å². The minimum atomic E-state index is -1.14. The second-order valence-corrected chi connectivity index (χ2v) is 6.28. The van der Waals surface area contributed by atoms with Crippen LogP contribution in [0.5, 0.6) is 0 Å². The topological polar surface area (TPSA) is 28.0 Å². The second kappa shape index (κ2) is 5.34. The summed E-state index contributed by atoms with van der Waals surface area (Å²) in [5.41, 5.74) is -1.10. The Morgan fingerprint density at radius 2 is 1.45 bits per heavy atom. The van der Waals surface area contributed by atoms with Crippen LogP contribution in [0.2, 0.25) is 0 Å². The predicted molar refractivity (Wildman–Crippen MR) is 85.8 cm³/mol. The van der Waals surface area contributed by atoms with Crippen molar-refractivity contribution in [3.05, 3.63) is 78.4 Å². The number of pyridine rings is 2. The van der Waals surface area contributed by atoms with Crippen molar-refractivity contribution in [1.29, 1.82) is 0 Å². The van der Waals surface area contributed by atoms with Crippen LogP contribution in [0, 0.1) is 0 Å². The number of aliphatic hydroxyl groups is 1. The molecule has 0 amide bonds. The lowest BCUT2D eigenvalue weighted by molar-refractivity contribution is -0.766. The molecule has 0 spiro atoms. The van der Waals surface area contributed by atoms with Crippen molar-refractivity contribution >= 4 is 17.3 Å². The van der Waals surface area contributed by atoms with Crippen molar-refractivity contribution in [3.8, 4) is 0 Å². The quantitative estimate of drug-likeness (QED) is 0.847. The van der Waals surface area contributed by atoms with E-state index >= 15 is 0 Å². The zero-order valence-electron chi connectivity index (χ0n) is 12.6. The molecule has 3 nitrogen and oxygen atoms in total. The molecular weight excluding hydrogens is 296 g/mol. The lowest BCUT2D eigenvalue weighted by Crippen LogP contribution is -2.68. The van der Waals surface area contributed by atoms with Crippen molar-refractivity contribution < 1.29 is 14.2 Å². The highest BCUT2D eigenvalue weighted by Gasteiger charge is 2.58. The van der Waals surface area contributed by atoms with Gasteiger partial charge in [-0.3, -0.25) is 0 Å². The van der Waals surface area contributed by atoms with Gasteiger partial charge in [-0.05, 0) is 6.92 Å². The van der Waals surface area contributed by atoms with Crippen LogP contribution >= 0.6 is 11.6 Å². The van der Waals surface area contributed by atoms with E-state index in [0.717, 1.165) is 5.70 Å². The van der Waals surface area contributed by atoms with Gasteiger partial charge in [0.25, 0.3) is 0 Å². The molecule has 1 aliphatic rings. The van der Waals surface area contributed by atoms with Crippen molar-refractivity contribution in [3.63, 3.8) is 0 Å². The number of allylic oxidation sites excluding steroid dienone is 2. The van der Waals surface area contributed by atoms with E-state index in [0.29, 0.717) is 5.03 Å². The van der Waals surface area contributed by atoms with Crippen molar-refractivity contribution in [2.24, 2.45) is 0 Å². The number of aromatic nitrogens is 2. The molecule has 2 aromatic rings. The van der Waals surface area contributed by atoms with Crippen molar-refractivity contribution in [2.75, 3.05) is 0 Å². The molecule has 1 N–H and O–H groups in total. The molecule has 0 saturated carbocycles. The third-order valence-electron chi connectivity index (χ3n) is 4.42. The van der Waals surface area contributed by atoms with E-state index in [9.17, 15) is 5.11 Å². The molecule has 112 valence electrons. The first-order valence-electron chi connectivity index (χ1n) is 7.21. The molecule has 0 fully saturated rings. The lowest BCUT2D eigenvalue weighted by Gasteiger charge is -2.36. The molecule has 0 bridgehead atoms. The fourth-order valence-corrected chi connectivity index (χ4v) is 3.22. The third-order valence-corrected chi connectivity index (χ3v) is 4.64. The minimum absolute atomic E-state index is 0.608. The molecule has 0 saturated heterocycles. The largest absolute Gasteiger partial charge is 0.373 e. The number of hydrogen-bond donors (Lipinski definition) is 1. The summed E-state index contributed by atoms with van der Waals surface area (Å²) in [5, 5.41) is 12.0. The van der Waals surface area contributed by atoms with Crippen LogP contribution in [0.4, 0.5) is 0 Å². The van der Waals surface area contributed by atoms with Crippen LogP contribution in [-0.4, -0.2) is 10.7 Å². The van der Waals surface area contributed by atoms with Crippen LogP contribution in [0.15, 0.2) is 78.4 Å². The molecule has 0 aromatic carbocycles. The molecule has 3 rings (SSSR count). The van der Waals surface area contributed by atoms with E-state index in [4.69, 9.17) is 11.6 Å². The molecule has 0 aliphatic heterocycles. The Morgan fingerprint density at radius 1 is 0.909 bits per heavy atom. The Morgan fingerprint density at radius 3 is 2.05 bits per heavy atom. The Kier molecular flexibility index (Phi) is 3.63. The van der Waals surface area contributed by atoms with E-state index in [-0.39, 0.29) is 0 Å². The first kappa shape index (κ1) is 14.9.